The molecule has 0 aromatic rings. The molecule has 0 fully saturated rings. The van der Waals surface area contributed by atoms with E-state index in [1.54, 1.807) is 6.92 Å². The van der Waals surface area contributed by atoms with Crippen molar-refractivity contribution in [1.82, 2.24) is 5.32 Å². The molecule has 15 heavy (non-hydrogen) atoms. The minimum Gasteiger partial charge on any atom is -0.480 e. The van der Waals surface area contributed by atoms with Crippen molar-refractivity contribution >= 4 is 17.8 Å². The maximum atomic E-state index is 11.1. The molecule has 0 saturated carbocycles. The Morgan fingerprint density at radius 1 is 1.33 bits per heavy atom. The van der Waals surface area contributed by atoms with Crippen LogP contribution in [0.2, 0.25) is 0 Å². The van der Waals surface area contributed by atoms with Gasteiger partial charge in [-0.05, 0) is 6.92 Å². The van der Waals surface area contributed by atoms with Crippen LogP contribution in [-0.2, 0) is 14.4 Å². The monoisotopic (exact) mass is 217 g/mol. The number of hydrogen-bond acceptors (Lipinski definition) is 4. The van der Waals surface area contributed by atoms with E-state index in [9.17, 15) is 14.4 Å². The molecule has 0 radical (unpaired) electrons. The first-order chi connectivity index (χ1) is 6.82. The fraction of sp³-hybridized carbons (Fsp3) is 0.625. The van der Waals surface area contributed by atoms with E-state index in [2.05, 4.69) is 5.32 Å². The number of hydrogen-bond donors (Lipinski definition) is 4. The zero-order valence-electron chi connectivity index (χ0n) is 8.40. The van der Waals surface area contributed by atoms with Gasteiger partial charge in [-0.2, -0.15) is 0 Å². The summed E-state index contributed by atoms with van der Waals surface area (Å²) in [5.41, 5.74) is 10.2. The van der Waals surface area contributed by atoms with Gasteiger partial charge >= 0.3 is 5.97 Å². The maximum Gasteiger partial charge on any atom is 0.326 e. The molecule has 0 heterocycles. The van der Waals surface area contributed by atoms with E-state index in [0.717, 1.165) is 0 Å². The number of nitrogens with one attached hydrogen (secondary N) is 1. The minimum absolute atomic E-state index is 0.00252. The number of primary amides is 1. The van der Waals surface area contributed by atoms with E-state index >= 15 is 0 Å². The van der Waals surface area contributed by atoms with Crippen molar-refractivity contribution in [3.05, 3.63) is 0 Å². The van der Waals surface area contributed by atoms with Crippen LogP contribution in [-0.4, -0.2) is 35.0 Å². The Balaban J connectivity index is 4.22. The topological polar surface area (TPSA) is 136 Å². The number of rotatable bonds is 6. The third-order valence-corrected chi connectivity index (χ3v) is 1.55. The molecule has 0 aromatic heterocycles. The van der Waals surface area contributed by atoms with Gasteiger partial charge in [-0.1, -0.05) is 0 Å². The summed E-state index contributed by atoms with van der Waals surface area (Å²) in [5.74, 6) is -2.60. The first-order valence-corrected chi connectivity index (χ1v) is 4.39. The molecule has 0 spiro atoms. The Hall–Kier alpha value is -1.63. The SMILES string of the molecule is CC(N)CC(=O)NC(CC(N)=O)C(=O)O. The smallest absolute Gasteiger partial charge is 0.326 e. The van der Waals surface area contributed by atoms with E-state index in [-0.39, 0.29) is 12.5 Å². The van der Waals surface area contributed by atoms with Gasteiger partial charge < -0.3 is 21.9 Å². The standard InChI is InChI=1S/C8H15N3O4/c1-4(9)2-7(13)11-5(8(14)15)3-6(10)12/h4-5H,2-3,9H2,1H3,(H2,10,12)(H,11,13)(H,14,15). The molecule has 6 N–H and O–H groups in total. The molecular weight excluding hydrogens is 202 g/mol. The molecule has 2 amide bonds. The summed E-state index contributed by atoms with van der Waals surface area (Å²) in [4.78, 5) is 32.2. The molecule has 0 aliphatic rings. The van der Waals surface area contributed by atoms with E-state index in [0.29, 0.717) is 0 Å². The summed E-state index contributed by atoms with van der Waals surface area (Å²) in [6.07, 6.45) is -0.428. The van der Waals surface area contributed by atoms with Crippen molar-refractivity contribution in [2.75, 3.05) is 0 Å². The molecule has 0 aliphatic carbocycles. The third-order valence-electron chi connectivity index (χ3n) is 1.55. The average Bonchev–Trinajstić information content (AvgIpc) is 1.99. The molecule has 0 aliphatic heterocycles. The largest absolute Gasteiger partial charge is 0.480 e. The van der Waals surface area contributed by atoms with Crippen molar-refractivity contribution in [3.63, 3.8) is 0 Å². The second-order valence-corrected chi connectivity index (χ2v) is 3.31. The third kappa shape index (κ3) is 6.44. The van der Waals surface area contributed by atoms with Crippen molar-refractivity contribution in [2.24, 2.45) is 11.5 Å². The van der Waals surface area contributed by atoms with Crippen LogP contribution < -0.4 is 16.8 Å². The van der Waals surface area contributed by atoms with Gasteiger partial charge in [0.25, 0.3) is 0 Å². The molecule has 86 valence electrons. The summed E-state index contributed by atoms with van der Waals surface area (Å²) in [6, 6.07) is -1.65. The number of carboxylic acid groups (broad SMARTS) is 1. The number of carbonyl (C=O) groups is 3. The number of nitrogens with two attached hydrogens (primary N) is 2. The lowest BCUT2D eigenvalue weighted by Crippen LogP contribution is -2.44. The van der Waals surface area contributed by atoms with Gasteiger partial charge in [0, 0.05) is 12.5 Å². The van der Waals surface area contributed by atoms with Crippen LogP contribution in [0.15, 0.2) is 0 Å². The molecule has 2 atom stereocenters. The summed E-state index contributed by atoms with van der Waals surface area (Å²) < 4.78 is 0. The Labute approximate surface area is 86.8 Å². The molecular formula is C8H15N3O4. The highest BCUT2D eigenvalue weighted by Gasteiger charge is 2.22. The van der Waals surface area contributed by atoms with Crippen LogP contribution in [0.3, 0.4) is 0 Å². The lowest BCUT2D eigenvalue weighted by Gasteiger charge is -2.13. The minimum atomic E-state index is -1.30. The highest BCUT2D eigenvalue weighted by atomic mass is 16.4. The molecule has 0 aromatic carbocycles. The van der Waals surface area contributed by atoms with Gasteiger partial charge in [0.05, 0.1) is 6.42 Å². The lowest BCUT2D eigenvalue weighted by atomic mass is 10.1. The normalized spacial score (nSPS) is 14.0. The highest BCUT2D eigenvalue weighted by Crippen LogP contribution is 1.94. The second-order valence-electron chi connectivity index (χ2n) is 3.31. The van der Waals surface area contributed by atoms with E-state index in [4.69, 9.17) is 16.6 Å². The Morgan fingerprint density at radius 3 is 2.20 bits per heavy atom. The molecule has 2 unspecified atom stereocenters. The summed E-state index contributed by atoms with van der Waals surface area (Å²) in [7, 11) is 0. The van der Waals surface area contributed by atoms with Crippen LogP contribution in [0, 0.1) is 0 Å². The van der Waals surface area contributed by atoms with Gasteiger partial charge in [0.15, 0.2) is 0 Å². The quantitative estimate of drug-likeness (QED) is 0.415. The van der Waals surface area contributed by atoms with Crippen molar-refractivity contribution in [2.45, 2.75) is 31.8 Å². The van der Waals surface area contributed by atoms with E-state index in [1.165, 1.54) is 0 Å². The molecule has 0 bridgehead atoms. The van der Waals surface area contributed by atoms with E-state index < -0.39 is 30.2 Å². The van der Waals surface area contributed by atoms with Crippen molar-refractivity contribution in [3.8, 4) is 0 Å². The molecule has 7 heteroatoms. The maximum absolute atomic E-state index is 11.1. The van der Waals surface area contributed by atoms with Crippen LogP contribution in [0.25, 0.3) is 0 Å². The first kappa shape index (κ1) is 13.4. The second kappa shape index (κ2) is 5.97. The van der Waals surface area contributed by atoms with Crippen LogP contribution in [0.4, 0.5) is 0 Å². The lowest BCUT2D eigenvalue weighted by molar-refractivity contribution is -0.143. The average molecular weight is 217 g/mol. The Bertz CT molecular complexity index is 265. The van der Waals surface area contributed by atoms with Crippen LogP contribution >= 0.6 is 0 Å². The Morgan fingerprint density at radius 2 is 1.87 bits per heavy atom. The summed E-state index contributed by atoms with van der Waals surface area (Å²) in [6.45, 7) is 1.61. The van der Waals surface area contributed by atoms with Crippen molar-refractivity contribution in [1.29, 1.82) is 0 Å². The number of amides is 2. The number of aliphatic carboxylic acids is 1. The predicted molar refractivity (Wildman–Crippen MR) is 51.6 cm³/mol. The Kier molecular flexibility index (Phi) is 5.32. The van der Waals surface area contributed by atoms with Crippen LogP contribution in [0.5, 0.6) is 0 Å². The fourth-order valence-electron chi connectivity index (χ4n) is 0.947. The zero-order valence-corrected chi connectivity index (χ0v) is 8.40. The highest BCUT2D eigenvalue weighted by molar-refractivity contribution is 5.88. The van der Waals surface area contributed by atoms with Gasteiger partial charge in [-0.25, -0.2) is 4.79 Å². The molecule has 0 saturated heterocycles. The zero-order chi connectivity index (χ0) is 12.0. The van der Waals surface area contributed by atoms with Gasteiger partial charge in [0.1, 0.15) is 6.04 Å². The summed E-state index contributed by atoms with van der Waals surface area (Å²) in [5, 5.41) is 10.8. The fourth-order valence-corrected chi connectivity index (χ4v) is 0.947. The van der Waals surface area contributed by atoms with Gasteiger partial charge in [-0.15, -0.1) is 0 Å². The van der Waals surface area contributed by atoms with Crippen LogP contribution in [0.1, 0.15) is 19.8 Å². The number of carboxylic acids is 1. The van der Waals surface area contributed by atoms with Crippen molar-refractivity contribution < 1.29 is 19.5 Å². The van der Waals surface area contributed by atoms with Gasteiger partial charge in [-0.3, -0.25) is 9.59 Å². The van der Waals surface area contributed by atoms with E-state index in [1.807, 2.05) is 0 Å². The van der Waals surface area contributed by atoms with Gasteiger partial charge in [0.2, 0.25) is 11.8 Å². The summed E-state index contributed by atoms with van der Waals surface area (Å²) >= 11 is 0. The molecule has 0 rings (SSSR count). The molecule has 7 nitrogen and oxygen atoms in total. The predicted octanol–water partition coefficient (Wildman–Crippen LogP) is -1.83. The first-order valence-electron chi connectivity index (χ1n) is 4.39. The number of carbonyl (C=O) groups excluding carboxylic acids is 2.